The Kier molecular flexibility index (Phi) is 6.46. The molecule has 0 fully saturated rings. The van der Waals surface area contributed by atoms with E-state index in [2.05, 4.69) is 17.2 Å². The van der Waals surface area contributed by atoms with Gasteiger partial charge in [-0.1, -0.05) is 37.2 Å². The van der Waals surface area contributed by atoms with E-state index in [4.69, 9.17) is 0 Å². The highest BCUT2D eigenvalue weighted by molar-refractivity contribution is 7.99. The molecule has 146 valence electrons. The zero-order valence-corrected chi connectivity index (χ0v) is 16.6. The summed E-state index contributed by atoms with van der Waals surface area (Å²) in [5.74, 6) is -0.358. The van der Waals surface area contributed by atoms with Crippen molar-refractivity contribution in [2.24, 2.45) is 0 Å². The van der Waals surface area contributed by atoms with E-state index in [0.717, 1.165) is 12.8 Å². The summed E-state index contributed by atoms with van der Waals surface area (Å²) < 4.78 is 14.8. The van der Waals surface area contributed by atoms with E-state index in [1.807, 2.05) is 13.0 Å². The molecule has 0 aliphatic carbocycles. The summed E-state index contributed by atoms with van der Waals surface area (Å²) in [4.78, 5) is 29.9. The van der Waals surface area contributed by atoms with E-state index in [1.54, 1.807) is 18.2 Å². The second kappa shape index (κ2) is 9.01. The fourth-order valence-corrected chi connectivity index (χ4v) is 3.80. The fraction of sp³-hybridized carbons (Fsp3) is 0.286. The van der Waals surface area contributed by atoms with Crippen LogP contribution in [-0.2, 0) is 4.79 Å². The molecule has 0 aliphatic rings. The molecule has 0 aliphatic heterocycles. The summed E-state index contributed by atoms with van der Waals surface area (Å²) in [6, 6.07) is 12.8. The maximum atomic E-state index is 13.3. The Balaban J connectivity index is 1.96. The number of para-hydroxylation sites is 1. The molecule has 1 aromatic heterocycles. The number of benzene rings is 2. The number of carbonyl (C=O) groups excluding carboxylic acids is 1. The minimum atomic E-state index is -0.385. The molecule has 1 heterocycles. The van der Waals surface area contributed by atoms with Gasteiger partial charge in [-0.2, -0.15) is 0 Å². The highest BCUT2D eigenvalue weighted by atomic mass is 32.2. The largest absolute Gasteiger partial charge is 0.353 e. The lowest BCUT2D eigenvalue weighted by molar-refractivity contribution is -0.119. The summed E-state index contributed by atoms with van der Waals surface area (Å²) in [6.07, 6.45) is 1.90. The van der Waals surface area contributed by atoms with Gasteiger partial charge < -0.3 is 5.32 Å². The summed E-state index contributed by atoms with van der Waals surface area (Å²) >= 11 is 1.19. The van der Waals surface area contributed by atoms with Crippen molar-refractivity contribution in [3.8, 4) is 5.69 Å². The van der Waals surface area contributed by atoms with Crippen molar-refractivity contribution in [1.82, 2.24) is 14.9 Å². The molecule has 3 rings (SSSR count). The number of halogens is 1. The van der Waals surface area contributed by atoms with Gasteiger partial charge in [0, 0.05) is 6.04 Å². The van der Waals surface area contributed by atoms with Crippen LogP contribution in [0.1, 0.15) is 26.7 Å². The number of thioether (sulfide) groups is 1. The maximum Gasteiger partial charge on any atom is 0.266 e. The number of nitrogens with one attached hydrogen (secondary N) is 1. The van der Waals surface area contributed by atoms with Crippen molar-refractivity contribution >= 4 is 28.6 Å². The lowest BCUT2D eigenvalue weighted by Crippen LogP contribution is -2.34. The third-order valence-electron chi connectivity index (χ3n) is 4.29. The predicted octanol–water partition coefficient (Wildman–Crippen LogP) is 3.92. The van der Waals surface area contributed by atoms with Crippen molar-refractivity contribution in [3.05, 3.63) is 64.7 Å². The fourth-order valence-electron chi connectivity index (χ4n) is 2.98. The average Bonchev–Trinajstić information content (AvgIpc) is 2.68. The molecule has 5 nitrogen and oxygen atoms in total. The molecule has 3 aromatic rings. The van der Waals surface area contributed by atoms with Gasteiger partial charge in [0.2, 0.25) is 5.91 Å². The molecule has 0 bridgehead atoms. The van der Waals surface area contributed by atoms with Crippen LogP contribution in [0.3, 0.4) is 0 Å². The van der Waals surface area contributed by atoms with Crippen LogP contribution in [0, 0.1) is 5.82 Å². The molecule has 28 heavy (non-hydrogen) atoms. The van der Waals surface area contributed by atoms with Crippen LogP contribution in [0.25, 0.3) is 16.6 Å². The van der Waals surface area contributed by atoms with E-state index in [0.29, 0.717) is 21.7 Å². The summed E-state index contributed by atoms with van der Waals surface area (Å²) in [5.41, 5.74) is 0.819. The Morgan fingerprint density at radius 1 is 1.21 bits per heavy atom. The molecular formula is C21H22FN3O2S. The van der Waals surface area contributed by atoms with Gasteiger partial charge in [-0.25, -0.2) is 9.37 Å². The number of hydrogen-bond acceptors (Lipinski definition) is 4. The first kappa shape index (κ1) is 20.1. The molecule has 0 unspecified atom stereocenters. The Hall–Kier alpha value is -2.67. The Morgan fingerprint density at radius 3 is 2.64 bits per heavy atom. The second-order valence-electron chi connectivity index (χ2n) is 6.57. The summed E-state index contributed by atoms with van der Waals surface area (Å²) in [6.45, 7) is 4.03. The number of amides is 1. The van der Waals surface area contributed by atoms with Crippen molar-refractivity contribution in [1.29, 1.82) is 0 Å². The SMILES string of the molecule is CCC[C@@H](C)NC(=O)CSc1nc2ccccc2c(=O)n1-c1ccc(F)cc1. The van der Waals surface area contributed by atoms with Crippen molar-refractivity contribution < 1.29 is 9.18 Å². The molecule has 1 amide bonds. The standard InChI is InChI=1S/C21H22FN3O2S/c1-3-6-14(2)23-19(26)13-28-21-24-18-8-5-4-7-17(18)20(27)25(21)16-11-9-15(22)10-12-16/h4-5,7-12,14H,3,6,13H2,1-2H3,(H,23,26)/t14-/m1/s1. The van der Waals surface area contributed by atoms with Gasteiger partial charge in [-0.05, 0) is 49.7 Å². The molecule has 0 saturated carbocycles. The number of hydrogen-bond donors (Lipinski definition) is 1. The zero-order valence-electron chi connectivity index (χ0n) is 15.8. The van der Waals surface area contributed by atoms with E-state index < -0.39 is 0 Å². The van der Waals surface area contributed by atoms with Crippen LogP contribution < -0.4 is 10.9 Å². The second-order valence-corrected chi connectivity index (χ2v) is 7.52. The summed E-state index contributed by atoms with van der Waals surface area (Å²) in [7, 11) is 0. The molecule has 0 saturated heterocycles. The first-order valence-electron chi connectivity index (χ1n) is 9.19. The Morgan fingerprint density at radius 2 is 1.93 bits per heavy atom. The van der Waals surface area contributed by atoms with E-state index in [1.165, 1.54) is 40.6 Å². The van der Waals surface area contributed by atoms with Gasteiger partial charge in [0.25, 0.3) is 5.56 Å². The third kappa shape index (κ3) is 4.59. The maximum absolute atomic E-state index is 13.3. The van der Waals surface area contributed by atoms with Crippen molar-refractivity contribution in [2.75, 3.05) is 5.75 Å². The lowest BCUT2D eigenvalue weighted by atomic mass is 10.2. The first-order chi connectivity index (χ1) is 13.5. The minimum Gasteiger partial charge on any atom is -0.353 e. The molecule has 7 heteroatoms. The van der Waals surface area contributed by atoms with E-state index in [9.17, 15) is 14.0 Å². The van der Waals surface area contributed by atoms with Gasteiger partial charge in [0.1, 0.15) is 5.82 Å². The molecular weight excluding hydrogens is 377 g/mol. The highest BCUT2D eigenvalue weighted by Crippen LogP contribution is 2.21. The molecule has 0 spiro atoms. The Labute approximate surface area is 167 Å². The van der Waals surface area contributed by atoms with Crippen LogP contribution in [0.4, 0.5) is 4.39 Å². The van der Waals surface area contributed by atoms with Gasteiger partial charge in [0.05, 0.1) is 22.3 Å². The highest BCUT2D eigenvalue weighted by Gasteiger charge is 2.15. The van der Waals surface area contributed by atoms with Gasteiger partial charge in [0.15, 0.2) is 5.16 Å². The van der Waals surface area contributed by atoms with Gasteiger partial charge in [-0.15, -0.1) is 0 Å². The smallest absolute Gasteiger partial charge is 0.266 e. The average molecular weight is 399 g/mol. The van der Waals surface area contributed by atoms with Crippen molar-refractivity contribution in [3.63, 3.8) is 0 Å². The molecule has 1 atom stereocenters. The van der Waals surface area contributed by atoms with E-state index in [-0.39, 0.29) is 29.1 Å². The number of fused-ring (bicyclic) bond motifs is 1. The van der Waals surface area contributed by atoms with Gasteiger partial charge >= 0.3 is 0 Å². The monoisotopic (exact) mass is 399 g/mol. The minimum absolute atomic E-state index is 0.0990. The first-order valence-corrected chi connectivity index (χ1v) is 10.2. The normalized spacial score (nSPS) is 12.1. The number of rotatable bonds is 7. The van der Waals surface area contributed by atoms with Crippen LogP contribution >= 0.6 is 11.8 Å². The predicted molar refractivity (Wildman–Crippen MR) is 111 cm³/mol. The van der Waals surface area contributed by atoms with Gasteiger partial charge in [-0.3, -0.25) is 14.2 Å². The lowest BCUT2D eigenvalue weighted by Gasteiger charge is -2.15. The topological polar surface area (TPSA) is 64.0 Å². The Bertz CT molecular complexity index is 1030. The molecule has 1 N–H and O–H groups in total. The third-order valence-corrected chi connectivity index (χ3v) is 5.23. The van der Waals surface area contributed by atoms with Crippen LogP contribution in [-0.4, -0.2) is 27.3 Å². The molecule has 0 radical (unpaired) electrons. The number of nitrogens with zero attached hydrogens (tertiary/aromatic N) is 2. The van der Waals surface area contributed by atoms with Crippen molar-refractivity contribution in [2.45, 2.75) is 37.9 Å². The quantitative estimate of drug-likeness (QED) is 0.483. The molecule has 2 aromatic carbocycles. The zero-order chi connectivity index (χ0) is 20.1. The van der Waals surface area contributed by atoms with Crippen LogP contribution in [0.2, 0.25) is 0 Å². The van der Waals surface area contributed by atoms with E-state index >= 15 is 0 Å². The summed E-state index contributed by atoms with van der Waals surface area (Å²) in [5, 5.41) is 3.81. The number of aromatic nitrogens is 2. The number of carbonyl (C=O) groups is 1. The van der Waals surface area contributed by atoms with Crippen LogP contribution in [0.5, 0.6) is 0 Å². The van der Waals surface area contributed by atoms with Crippen LogP contribution in [0.15, 0.2) is 58.5 Å².